The molecule has 1 aromatic carbocycles. The quantitative estimate of drug-likeness (QED) is 0.390. The zero-order valence-corrected chi connectivity index (χ0v) is 13.5. The summed E-state index contributed by atoms with van der Waals surface area (Å²) in [6.07, 6.45) is 3.62. The Balaban J connectivity index is 2.23. The van der Waals surface area contributed by atoms with Crippen molar-refractivity contribution >= 4 is 22.9 Å². The van der Waals surface area contributed by atoms with Crippen molar-refractivity contribution in [3.05, 3.63) is 64.0 Å². The number of aromatic nitrogens is 2. The highest BCUT2D eigenvalue weighted by molar-refractivity contribution is 6.17. The van der Waals surface area contributed by atoms with E-state index < -0.39 is 0 Å². The van der Waals surface area contributed by atoms with E-state index in [1.54, 1.807) is 12.1 Å². The largest absolute Gasteiger partial charge is 0.302 e. The Kier molecular flexibility index (Phi) is 4.30. The maximum absolute atomic E-state index is 11.5. The number of aryl methyl sites for hydroxylation is 1. The summed E-state index contributed by atoms with van der Waals surface area (Å²) in [7, 11) is 0. The van der Waals surface area contributed by atoms with Crippen LogP contribution in [-0.2, 0) is 12.3 Å². The number of fused-ring (bicyclic) bond motifs is 1. The first-order valence-corrected chi connectivity index (χ1v) is 7.98. The van der Waals surface area contributed by atoms with Crippen molar-refractivity contribution in [2.75, 3.05) is 0 Å². The molecule has 0 aliphatic rings. The Hall–Kier alpha value is -2.40. The summed E-state index contributed by atoms with van der Waals surface area (Å²) in [6, 6.07) is 11.0. The third-order valence-electron chi connectivity index (χ3n) is 3.81. The minimum atomic E-state index is -0.351. The molecule has 0 saturated heterocycles. The second-order valence-electron chi connectivity index (χ2n) is 5.33. The van der Waals surface area contributed by atoms with Crippen LogP contribution in [-0.4, -0.2) is 14.3 Å². The second-order valence-corrected chi connectivity index (χ2v) is 5.60. The highest BCUT2D eigenvalue weighted by Gasteiger charge is 2.22. The van der Waals surface area contributed by atoms with Gasteiger partial charge in [-0.2, -0.15) is 0 Å². The van der Waals surface area contributed by atoms with Gasteiger partial charge in [-0.15, -0.1) is 11.6 Å². The van der Waals surface area contributed by atoms with E-state index in [1.807, 2.05) is 41.8 Å². The zero-order valence-electron chi connectivity index (χ0n) is 12.7. The smallest absolute Gasteiger partial charge is 0.279 e. The topological polar surface area (TPSA) is 60.4 Å². The van der Waals surface area contributed by atoms with Gasteiger partial charge in [-0.25, -0.2) is 4.98 Å². The number of pyridine rings is 1. The number of rotatable bonds is 5. The van der Waals surface area contributed by atoms with Gasteiger partial charge in [-0.1, -0.05) is 25.5 Å². The second kappa shape index (κ2) is 6.38. The van der Waals surface area contributed by atoms with Gasteiger partial charge >= 0.3 is 0 Å². The molecule has 0 spiro atoms. The van der Waals surface area contributed by atoms with E-state index in [0.29, 0.717) is 11.3 Å². The molecule has 0 aliphatic heterocycles. The van der Waals surface area contributed by atoms with E-state index in [0.717, 1.165) is 29.7 Å². The summed E-state index contributed by atoms with van der Waals surface area (Å²) >= 11 is 6.08. The molecule has 0 atom stereocenters. The highest BCUT2D eigenvalue weighted by atomic mass is 35.5. The Morgan fingerprint density at radius 3 is 2.83 bits per heavy atom. The molecular weight excluding hydrogens is 314 g/mol. The van der Waals surface area contributed by atoms with Crippen molar-refractivity contribution < 1.29 is 4.92 Å². The molecule has 118 valence electrons. The zero-order chi connectivity index (χ0) is 16.4. The molecule has 2 aromatic heterocycles. The summed E-state index contributed by atoms with van der Waals surface area (Å²) in [5, 5.41) is 11.5. The van der Waals surface area contributed by atoms with Crippen LogP contribution in [0.3, 0.4) is 0 Å². The molecule has 0 amide bonds. The van der Waals surface area contributed by atoms with E-state index in [4.69, 9.17) is 11.6 Å². The maximum Gasteiger partial charge on any atom is 0.279 e. The number of nitrogens with zero attached hydrogens (tertiary/aromatic N) is 3. The lowest BCUT2D eigenvalue weighted by atomic mass is 10.0. The molecule has 3 aromatic rings. The minimum absolute atomic E-state index is 0.0747. The molecule has 23 heavy (non-hydrogen) atoms. The van der Waals surface area contributed by atoms with Gasteiger partial charge < -0.3 is 4.40 Å². The van der Waals surface area contributed by atoms with Gasteiger partial charge in [0.15, 0.2) is 0 Å². The number of benzene rings is 1. The van der Waals surface area contributed by atoms with E-state index >= 15 is 0 Å². The lowest BCUT2D eigenvalue weighted by Gasteiger charge is -2.05. The van der Waals surface area contributed by atoms with Crippen LogP contribution in [0.5, 0.6) is 0 Å². The summed E-state index contributed by atoms with van der Waals surface area (Å²) in [5.41, 5.74) is 3.60. The van der Waals surface area contributed by atoms with E-state index in [9.17, 15) is 10.1 Å². The van der Waals surface area contributed by atoms with Crippen LogP contribution in [0.2, 0.25) is 0 Å². The first-order valence-electron chi connectivity index (χ1n) is 7.45. The van der Waals surface area contributed by atoms with Crippen LogP contribution < -0.4 is 0 Å². The Morgan fingerprint density at radius 1 is 1.30 bits per heavy atom. The summed E-state index contributed by atoms with van der Waals surface area (Å²) in [5.74, 6) is 0.231. The van der Waals surface area contributed by atoms with E-state index in [2.05, 4.69) is 4.98 Å². The normalized spacial score (nSPS) is 11.0. The molecule has 0 N–H and O–H groups in total. The third-order valence-corrected chi connectivity index (χ3v) is 4.06. The average molecular weight is 330 g/mol. The number of hydrogen-bond acceptors (Lipinski definition) is 3. The van der Waals surface area contributed by atoms with Crippen molar-refractivity contribution in [1.82, 2.24) is 9.38 Å². The fourth-order valence-electron chi connectivity index (χ4n) is 2.76. The fraction of sp³-hybridized carbons (Fsp3) is 0.235. The molecule has 0 fully saturated rings. The molecule has 0 saturated carbocycles. The molecule has 0 aliphatic carbocycles. The van der Waals surface area contributed by atoms with Crippen molar-refractivity contribution in [3.8, 4) is 11.3 Å². The molecule has 0 unspecified atom stereocenters. The molecule has 5 nitrogen and oxygen atoms in total. The summed E-state index contributed by atoms with van der Waals surface area (Å²) in [6.45, 7) is 2.05. The first-order chi connectivity index (χ1) is 11.2. The van der Waals surface area contributed by atoms with Crippen LogP contribution >= 0.6 is 11.6 Å². The number of alkyl halides is 1. The van der Waals surface area contributed by atoms with Crippen molar-refractivity contribution in [1.29, 1.82) is 0 Å². The van der Waals surface area contributed by atoms with Crippen LogP contribution in [0.25, 0.3) is 16.9 Å². The van der Waals surface area contributed by atoms with Gasteiger partial charge in [-0.05, 0) is 30.2 Å². The van der Waals surface area contributed by atoms with Gasteiger partial charge in [0.1, 0.15) is 11.3 Å². The number of hydrogen-bond donors (Lipinski definition) is 0. The predicted molar refractivity (Wildman–Crippen MR) is 90.8 cm³/mol. The van der Waals surface area contributed by atoms with Gasteiger partial charge in [0.25, 0.3) is 5.69 Å². The molecule has 6 heteroatoms. The van der Waals surface area contributed by atoms with Crippen LogP contribution in [0.4, 0.5) is 5.69 Å². The Bertz CT molecular complexity index is 873. The van der Waals surface area contributed by atoms with Crippen molar-refractivity contribution in [2.24, 2.45) is 0 Å². The SMILES string of the molecule is CCCc1ccc(-c2nc3ccccn3c2CCl)c([N+](=O)[O-])c1. The summed E-state index contributed by atoms with van der Waals surface area (Å²) in [4.78, 5) is 15.7. The summed E-state index contributed by atoms with van der Waals surface area (Å²) < 4.78 is 1.87. The van der Waals surface area contributed by atoms with Crippen LogP contribution in [0.15, 0.2) is 42.6 Å². The van der Waals surface area contributed by atoms with Crippen molar-refractivity contribution in [2.45, 2.75) is 25.6 Å². The van der Waals surface area contributed by atoms with E-state index in [-0.39, 0.29) is 16.5 Å². The van der Waals surface area contributed by atoms with Crippen molar-refractivity contribution in [3.63, 3.8) is 0 Å². The number of imidazole rings is 1. The molecule has 0 radical (unpaired) electrons. The molecular formula is C17H16ClN3O2. The minimum Gasteiger partial charge on any atom is -0.302 e. The highest BCUT2D eigenvalue weighted by Crippen LogP contribution is 2.34. The number of nitro benzene ring substituents is 1. The number of halogens is 1. The van der Waals surface area contributed by atoms with Crippen LogP contribution in [0, 0.1) is 10.1 Å². The first kappa shape index (κ1) is 15.5. The fourth-order valence-corrected chi connectivity index (χ4v) is 3.02. The maximum atomic E-state index is 11.5. The molecule has 0 bridgehead atoms. The van der Waals surface area contributed by atoms with Gasteiger partial charge in [-0.3, -0.25) is 10.1 Å². The number of nitro groups is 1. The van der Waals surface area contributed by atoms with Gasteiger partial charge in [0.05, 0.1) is 22.1 Å². The standard InChI is InChI=1S/C17H16ClN3O2/c1-2-5-12-7-8-13(14(10-12)21(22)23)17-15(11-18)20-9-4-3-6-16(20)19-17/h3-4,6-10H,2,5,11H2,1H3. The van der Waals surface area contributed by atoms with Gasteiger partial charge in [0, 0.05) is 12.3 Å². The van der Waals surface area contributed by atoms with Gasteiger partial charge in [0.2, 0.25) is 0 Å². The lowest BCUT2D eigenvalue weighted by molar-refractivity contribution is -0.384. The third kappa shape index (κ3) is 2.80. The van der Waals surface area contributed by atoms with Crippen LogP contribution in [0.1, 0.15) is 24.6 Å². The monoisotopic (exact) mass is 329 g/mol. The van der Waals surface area contributed by atoms with E-state index in [1.165, 1.54) is 0 Å². The Labute approximate surface area is 138 Å². The lowest BCUT2D eigenvalue weighted by Crippen LogP contribution is -1.97. The molecule has 3 rings (SSSR count). The average Bonchev–Trinajstić information content (AvgIpc) is 2.93. The Morgan fingerprint density at radius 2 is 2.13 bits per heavy atom. The predicted octanol–water partition coefficient (Wildman–Crippen LogP) is 4.60. The molecule has 2 heterocycles.